The van der Waals surface area contributed by atoms with Crippen molar-refractivity contribution in [3.05, 3.63) is 66.2 Å². The molecule has 146 valence electrons. The van der Waals surface area contributed by atoms with Gasteiger partial charge in [-0.2, -0.15) is 0 Å². The maximum atomic E-state index is 12.3. The number of amides is 1. The predicted octanol–water partition coefficient (Wildman–Crippen LogP) is 4.94. The highest BCUT2D eigenvalue weighted by atomic mass is 32.2. The van der Waals surface area contributed by atoms with Gasteiger partial charge < -0.3 is 14.5 Å². The van der Waals surface area contributed by atoms with Crippen LogP contribution in [0.1, 0.15) is 5.56 Å². The molecule has 0 saturated carbocycles. The Morgan fingerprint density at radius 2 is 1.90 bits per heavy atom. The number of ether oxygens (including phenoxy) is 1. The van der Waals surface area contributed by atoms with Gasteiger partial charge in [0.2, 0.25) is 11.8 Å². The number of hydrogen-bond acceptors (Lipinski definition) is 6. The van der Waals surface area contributed by atoms with Crippen molar-refractivity contribution in [1.29, 1.82) is 0 Å². The minimum atomic E-state index is -0.177. The second-order valence-corrected chi connectivity index (χ2v) is 7.40. The SMILES string of the molecule is COc1ccc(C)cc1NC(=O)CSc1nnc(-c2ccc3ccccc3c2)o1. The summed E-state index contributed by atoms with van der Waals surface area (Å²) in [6.07, 6.45) is 0. The summed E-state index contributed by atoms with van der Waals surface area (Å²) < 4.78 is 11.0. The highest BCUT2D eigenvalue weighted by molar-refractivity contribution is 7.99. The van der Waals surface area contributed by atoms with Gasteiger partial charge in [0.25, 0.3) is 5.22 Å². The van der Waals surface area contributed by atoms with Gasteiger partial charge in [-0.05, 0) is 47.5 Å². The van der Waals surface area contributed by atoms with E-state index in [1.165, 1.54) is 11.8 Å². The standard InChI is InChI=1S/C22H19N3O3S/c1-14-7-10-19(27-2)18(11-14)23-20(26)13-29-22-25-24-21(28-22)17-9-8-15-5-3-4-6-16(15)12-17/h3-12H,13H2,1-2H3,(H,23,26). The lowest BCUT2D eigenvalue weighted by Gasteiger charge is -2.10. The zero-order valence-corrected chi connectivity index (χ0v) is 16.8. The first kappa shape index (κ1) is 19.0. The van der Waals surface area contributed by atoms with E-state index >= 15 is 0 Å². The zero-order chi connectivity index (χ0) is 20.2. The van der Waals surface area contributed by atoms with Gasteiger partial charge in [-0.15, -0.1) is 10.2 Å². The molecule has 0 aliphatic heterocycles. The molecule has 29 heavy (non-hydrogen) atoms. The highest BCUT2D eigenvalue weighted by Crippen LogP contribution is 2.28. The van der Waals surface area contributed by atoms with Crippen LogP contribution in [0.15, 0.2) is 70.3 Å². The lowest BCUT2D eigenvalue weighted by Crippen LogP contribution is -2.14. The maximum Gasteiger partial charge on any atom is 0.277 e. The molecular formula is C22H19N3O3S. The van der Waals surface area contributed by atoms with Crippen LogP contribution in [0, 0.1) is 6.92 Å². The molecule has 0 bridgehead atoms. The van der Waals surface area contributed by atoms with Crippen LogP contribution < -0.4 is 10.1 Å². The number of benzene rings is 3. The van der Waals surface area contributed by atoms with Gasteiger partial charge in [0.05, 0.1) is 18.6 Å². The van der Waals surface area contributed by atoms with Crippen molar-refractivity contribution in [3.63, 3.8) is 0 Å². The van der Waals surface area contributed by atoms with Gasteiger partial charge in [0.1, 0.15) is 5.75 Å². The van der Waals surface area contributed by atoms with Crippen molar-refractivity contribution >= 4 is 34.1 Å². The van der Waals surface area contributed by atoms with Crippen molar-refractivity contribution in [1.82, 2.24) is 10.2 Å². The number of nitrogens with one attached hydrogen (secondary N) is 1. The first-order chi connectivity index (χ1) is 14.1. The van der Waals surface area contributed by atoms with E-state index in [2.05, 4.69) is 21.6 Å². The van der Waals surface area contributed by atoms with Gasteiger partial charge in [0.15, 0.2) is 0 Å². The fourth-order valence-electron chi connectivity index (χ4n) is 2.94. The lowest BCUT2D eigenvalue weighted by atomic mass is 10.1. The number of thioether (sulfide) groups is 1. The third kappa shape index (κ3) is 4.41. The number of aryl methyl sites for hydroxylation is 1. The number of fused-ring (bicyclic) bond motifs is 1. The molecule has 4 aromatic rings. The van der Waals surface area contributed by atoms with Crippen LogP contribution in [-0.4, -0.2) is 29.0 Å². The van der Waals surface area contributed by atoms with Gasteiger partial charge in [-0.1, -0.05) is 48.2 Å². The van der Waals surface area contributed by atoms with Crippen molar-refractivity contribution < 1.29 is 13.9 Å². The van der Waals surface area contributed by atoms with E-state index in [0.717, 1.165) is 21.9 Å². The monoisotopic (exact) mass is 405 g/mol. The second kappa shape index (κ2) is 8.36. The molecule has 1 N–H and O–H groups in total. The number of rotatable bonds is 6. The van der Waals surface area contributed by atoms with E-state index in [-0.39, 0.29) is 11.7 Å². The second-order valence-electron chi connectivity index (χ2n) is 6.48. The van der Waals surface area contributed by atoms with Crippen LogP contribution in [0.25, 0.3) is 22.2 Å². The molecule has 1 aromatic heterocycles. The van der Waals surface area contributed by atoms with Crippen molar-refractivity contribution in [2.75, 3.05) is 18.2 Å². The number of carbonyl (C=O) groups excluding carboxylic acids is 1. The van der Waals surface area contributed by atoms with Crippen LogP contribution in [0.3, 0.4) is 0 Å². The Morgan fingerprint density at radius 1 is 1.07 bits per heavy atom. The van der Waals surface area contributed by atoms with Crippen LogP contribution in [0.2, 0.25) is 0 Å². The lowest BCUT2D eigenvalue weighted by molar-refractivity contribution is -0.113. The number of nitrogens with zero attached hydrogens (tertiary/aromatic N) is 2. The van der Waals surface area contributed by atoms with E-state index in [1.807, 2.05) is 61.5 Å². The fraction of sp³-hybridized carbons (Fsp3) is 0.136. The Morgan fingerprint density at radius 3 is 2.72 bits per heavy atom. The van der Waals surface area contributed by atoms with Crippen molar-refractivity contribution in [2.24, 2.45) is 0 Å². The minimum Gasteiger partial charge on any atom is -0.495 e. The molecule has 0 saturated heterocycles. The number of methoxy groups -OCH3 is 1. The van der Waals surface area contributed by atoms with Crippen LogP contribution in [-0.2, 0) is 4.79 Å². The summed E-state index contributed by atoms with van der Waals surface area (Å²) in [6, 6.07) is 19.7. The van der Waals surface area contributed by atoms with Crippen LogP contribution in [0.5, 0.6) is 5.75 Å². The molecule has 6 nitrogen and oxygen atoms in total. The Bertz CT molecular complexity index is 1170. The van der Waals surface area contributed by atoms with Gasteiger partial charge in [-0.25, -0.2) is 0 Å². The first-order valence-electron chi connectivity index (χ1n) is 9.02. The molecule has 3 aromatic carbocycles. The predicted molar refractivity (Wildman–Crippen MR) is 114 cm³/mol. The first-order valence-corrected chi connectivity index (χ1v) is 10.0. The summed E-state index contributed by atoms with van der Waals surface area (Å²) in [7, 11) is 1.57. The molecule has 0 spiro atoms. The quantitative estimate of drug-likeness (QED) is 0.458. The maximum absolute atomic E-state index is 12.3. The smallest absolute Gasteiger partial charge is 0.277 e. The van der Waals surface area contributed by atoms with Gasteiger partial charge >= 0.3 is 0 Å². The van der Waals surface area contributed by atoms with E-state index in [0.29, 0.717) is 22.6 Å². The highest BCUT2D eigenvalue weighted by Gasteiger charge is 2.13. The molecule has 7 heteroatoms. The Kier molecular flexibility index (Phi) is 5.48. The zero-order valence-electron chi connectivity index (χ0n) is 16.0. The minimum absolute atomic E-state index is 0.149. The van der Waals surface area contributed by atoms with Crippen molar-refractivity contribution in [2.45, 2.75) is 12.1 Å². The average molecular weight is 405 g/mol. The third-order valence-corrected chi connectivity index (χ3v) is 5.18. The molecule has 1 amide bonds. The van der Waals surface area contributed by atoms with Gasteiger partial charge in [-0.3, -0.25) is 4.79 Å². The number of hydrogen-bond donors (Lipinski definition) is 1. The number of anilines is 1. The molecule has 0 unspecified atom stereocenters. The van der Waals surface area contributed by atoms with Gasteiger partial charge in [0, 0.05) is 5.56 Å². The average Bonchev–Trinajstić information content (AvgIpc) is 3.21. The molecular weight excluding hydrogens is 386 g/mol. The third-order valence-electron chi connectivity index (χ3n) is 4.36. The number of aromatic nitrogens is 2. The summed E-state index contributed by atoms with van der Waals surface area (Å²) in [5.74, 6) is 1.02. The van der Waals surface area contributed by atoms with E-state index in [9.17, 15) is 4.79 Å². The molecule has 0 aliphatic carbocycles. The Labute approximate surface area is 172 Å². The molecule has 0 atom stereocenters. The largest absolute Gasteiger partial charge is 0.495 e. The fourth-order valence-corrected chi connectivity index (χ4v) is 3.50. The topological polar surface area (TPSA) is 77.2 Å². The van der Waals surface area contributed by atoms with Crippen LogP contribution >= 0.6 is 11.8 Å². The number of carbonyl (C=O) groups is 1. The summed E-state index contributed by atoms with van der Waals surface area (Å²) in [5.41, 5.74) is 2.52. The van der Waals surface area contributed by atoms with Crippen LogP contribution in [0.4, 0.5) is 5.69 Å². The summed E-state index contributed by atoms with van der Waals surface area (Å²) in [4.78, 5) is 12.3. The van der Waals surface area contributed by atoms with E-state index < -0.39 is 0 Å². The summed E-state index contributed by atoms with van der Waals surface area (Å²) in [6.45, 7) is 1.95. The van der Waals surface area contributed by atoms with Crippen molar-refractivity contribution in [3.8, 4) is 17.2 Å². The molecule has 1 heterocycles. The molecule has 0 fully saturated rings. The van der Waals surface area contributed by atoms with E-state index in [1.54, 1.807) is 7.11 Å². The van der Waals surface area contributed by atoms with E-state index in [4.69, 9.17) is 9.15 Å². The Balaban J connectivity index is 1.41. The molecule has 4 rings (SSSR count). The molecule has 0 radical (unpaired) electrons. The summed E-state index contributed by atoms with van der Waals surface area (Å²) in [5, 5.41) is 13.6. The normalized spacial score (nSPS) is 10.8. The molecule has 0 aliphatic rings. The Hall–Kier alpha value is -3.32. The summed E-state index contributed by atoms with van der Waals surface area (Å²) >= 11 is 1.19.